The molecular formula is C12H18O4. The van der Waals surface area contributed by atoms with Gasteiger partial charge in [0, 0.05) is 14.2 Å². The van der Waals surface area contributed by atoms with Crippen LogP contribution in [0.2, 0.25) is 0 Å². The van der Waals surface area contributed by atoms with E-state index in [9.17, 15) is 0 Å². The highest BCUT2D eigenvalue weighted by molar-refractivity contribution is 5.13. The van der Waals surface area contributed by atoms with Crippen LogP contribution in [0.15, 0.2) is 30.3 Å². The predicted molar refractivity (Wildman–Crippen MR) is 59.9 cm³/mol. The molecule has 0 amide bonds. The maximum absolute atomic E-state index is 9.15. The Balaban J connectivity index is 2.45. The van der Waals surface area contributed by atoms with E-state index in [0.29, 0.717) is 6.61 Å². The summed E-state index contributed by atoms with van der Waals surface area (Å²) in [5.74, 6) is 0. The molecule has 0 unspecified atom stereocenters. The van der Waals surface area contributed by atoms with Crippen molar-refractivity contribution in [1.82, 2.24) is 0 Å². The second-order valence-electron chi connectivity index (χ2n) is 3.36. The third-order valence-electron chi connectivity index (χ3n) is 2.26. The average Bonchev–Trinajstić information content (AvgIpc) is 2.35. The number of aliphatic hydroxyl groups is 1. The first-order valence-corrected chi connectivity index (χ1v) is 5.13. The van der Waals surface area contributed by atoms with Gasteiger partial charge < -0.3 is 19.3 Å². The number of aliphatic hydroxyl groups excluding tert-OH is 1. The fourth-order valence-corrected chi connectivity index (χ4v) is 1.39. The molecule has 0 saturated carbocycles. The number of hydrogen-bond donors (Lipinski definition) is 1. The Labute approximate surface area is 95.8 Å². The van der Waals surface area contributed by atoms with E-state index in [1.807, 2.05) is 30.3 Å². The first-order valence-electron chi connectivity index (χ1n) is 5.13. The van der Waals surface area contributed by atoms with Crippen LogP contribution < -0.4 is 0 Å². The van der Waals surface area contributed by atoms with Crippen molar-refractivity contribution in [2.75, 3.05) is 20.8 Å². The van der Waals surface area contributed by atoms with Crippen LogP contribution in [0.5, 0.6) is 0 Å². The van der Waals surface area contributed by atoms with E-state index in [-0.39, 0.29) is 6.61 Å². The van der Waals surface area contributed by atoms with Crippen molar-refractivity contribution >= 4 is 0 Å². The summed E-state index contributed by atoms with van der Waals surface area (Å²) < 4.78 is 15.6. The SMILES string of the molecule is COC(OC)[C@@H](CO)OCc1ccccc1. The summed E-state index contributed by atoms with van der Waals surface area (Å²) in [6.45, 7) is 0.286. The highest BCUT2D eigenvalue weighted by Crippen LogP contribution is 2.08. The van der Waals surface area contributed by atoms with Gasteiger partial charge in [0.2, 0.25) is 0 Å². The molecule has 0 aliphatic rings. The lowest BCUT2D eigenvalue weighted by atomic mass is 10.2. The highest BCUT2D eigenvalue weighted by Gasteiger charge is 2.20. The number of methoxy groups -OCH3 is 2. The average molecular weight is 226 g/mol. The molecule has 1 aromatic carbocycles. The van der Waals surface area contributed by atoms with Gasteiger partial charge in [-0.15, -0.1) is 0 Å². The lowest BCUT2D eigenvalue weighted by Crippen LogP contribution is -2.35. The zero-order chi connectivity index (χ0) is 11.8. The third-order valence-corrected chi connectivity index (χ3v) is 2.26. The van der Waals surface area contributed by atoms with Crippen LogP contribution in [0.25, 0.3) is 0 Å². The number of hydrogen-bond acceptors (Lipinski definition) is 4. The maximum Gasteiger partial charge on any atom is 0.185 e. The molecule has 0 aromatic heterocycles. The van der Waals surface area contributed by atoms with Crippen molar-refractivity contribution < 1.29 is 19.3 Å². The lowest BCUT2D eigenvalue weighted by molar-refractivity contribution is -0.193. The Kier molecular flexibility index (Phi) is 6.03. The molecule has 16 heavy (non-hydrogen) atoms. The van der Waals surface area contributed by atoms with Crippen LogP contribution in [-0.2, 0) is 20.8 Å². The van der Waals surface area contributed by atoms with Gasteiger partial charge in [-0.1, -0.05) is 30.3 Å². The van der Waals surface area contributed by atoms with Gasteiger partial charge in [0.05, 0.1) is 13.2 Å². The fourth-order valence-electron chi connectivity index (χ4n) is 1.39. The molecule has 1 aromatic rings. The van der Waals surface area contributed by atoms with Crippen LogP contribution >= 0.6 is 0 Å². The molecule has 4 nitrogen and oxygen atoms in total. The molecule has 90 valence electrons. The molecule has 0 aliphatic carbocycles. The molecule has 4 heteroatoms. The van der Waals surface area contributed by atoms with E-state index in [0.717, 1.165) is 5.56 Å². The van der Waals surface area contributed by atoms with Gasteiger partial charge in [-0.2, -0.15) is 0 Å². The molecule has 0 radical (unpaired) electrons. The number of ether oxygens (including phenoxy) is 3. The predicted octanol–water partition coefficient (Wildman–Crippen LogP) is 1.18. The van der Waals surface area contributed by atoms with Crippen molar-refractivity contribution in [1.29, 1.82) is 0 Å². The van der Waals surface area contributed by atoms with E-state index in [4.69, 9.17) is 19.3 Å². The molecule has 0 fully saturated rings. The molecular weight excluding hydrogens is 208 g/mol. The fraction of sp³-hybridized carbons (Fsp3) is 0.500. The summed E-state index contributed by atoms with van der Waals surface area (Å²) >= 11 is 0. The van der Waals surface area contributed by atoms with Crippen LogP contribution in [0.4, 0.5) is 0 Å². The summed E-state index contributed by atoms with van der Waals surface area (Å²) in [5, 5.41) is 9.15. The molecule has 0 heterocycles. The molecule has 0 bridgehead atoms. The topological polar surface area (TPSA) is 47.9 Å². The maximum atomic E-state index is 9.15. The molecule has 0 aliphatic heterocycles. The van der Waals surface area contributed by atoms with Crippen LogP contribution in [0, 0.1) is 0 Å². The van der Waals surface area contributed by atoms with Gasteiger partial charge in [0.15, 0.2) is 6.29 Å². The lowest BCUT2D eigenvalue weighted by Gasteiger charge is -2.23. The van der Waals surface area contributed by atoms with Gasteiger partial charge in [-0.3, -0.25) is 0 Å². The van der Waals surface area contributed by atoms with Crippen molar-refractivity contribution in [2.45, 2.75) is 19.0 Å². The standard InChI is InChI=1S/C12H18O4/c1-14-12(15-2)11(8-13)16-9-10-6-4-3-5-7-10/h3-7,11-13H,8-9H2,1-2H3/t11-/m1/s1. The van der Waals surface area contributed by atoms with Crippen molar-refractivity contribution in [3.63, 3.8) is 0 Å². The van der Waals surface area contributed by atoms with Gasteiger partial charge in [-0.25, -0.2) is 0 Å². The second kappa shape index (κ2) is 7.35. The molecule has 0 spiro atoms. The zero-order valence-electron chi connectivity index (χ0n) is 9.63. The van der Waals surface area contributed by atoms with E-state index in [2.05, 4.69) is 0 Å². The van der Waals surface area contributed by atoms with Crippen LogP contribution in [-0.4, -0.2) is 38.3 Å². The summed E-state index contributed by atoms with van der Waals surface area (Å²) in [6.07, 6.45) is -1.02. The monoisotopic (exact) mass is 226 g/mol. The number of benzene rings is 1. The third kappa shape index (κ3) is 3.90. The smallest absolute Gasteiger partial charge is 0.185 e. The minimum absolute atomic E-state index is 0.140. The molecule has 1 N–H and O–H groups in total. The van der Waals surface area contributed by atoms with Crippen LogP contribution in [0.3, 0.4) is 0 Å². The summed E-state index contributed by atoms with van der Waals surface area (Å²) in [4.78, 5) is 0. The molecule has 0 saturated heterocycles. The van der Waals surface area contributed by atoms with E-state index in [1.54, 1.807) is 0 Å². The highest BCUT2D eigenvalue weighted by atomic mass is 16.7. The Morgan fingerprint density at radius 2 is 1.75 bits per heavy atom. The van der Waals surface area contributed by atoms with Crippen LogP contribution in [0.1, 0.15) is 5.56 Å². The van der Waals surface area contributed by atoms with E-state index < -0.39 is 12.4 Å². The van der Waals surface area contributed by atoms with E-state index in [1.165, 1.54) is 14.2 Å². The summed E-state index contributed by atoms with van der Waals surface area (Å²) in [5.41, 5.74) is 1.05. The van der Waals surface area contributed by atoms with Crippen molar-refractivity contribution in [2.24, 2.45) is 0 Å². The summed E-state index contributed by atoms with van der Waals surface area (Å²) in [7, 11) is 3.03. The first kappa shape index (κ1) is 13.1. The van der Waals surface area contributed by atoms with Gasteiger partial charge in [0.25, 0.3) is 0 Å². The minimum Gasteiger partial charge on any atom is -0.393 e. The Bertz CT molecular complexity index is 272. The Morgan fingerprint density at radius 3 is 2.25 bits per heavy atom. The second-order valence-corrected chi connectivity index (χ2v) is 3.36. The van der Waals surface area contributed by atoms with Crippen molar-refractivity contribution in [3.8, 4) is 0 Å². The zero-order valence-corrected chi connectivity index (χ0v) is 9.63. The van der Waals surface area contributed by atoms with Crippen molar-refractivity contribution in [3.05, 3.63) is 35.9 Å². The largest absolute Gasteiger partial charge is 0.393 e. The Hall–Kier alpha value is -0.940. The van der Waals surface area contributed by atoms with Gasteiger partial charge in [-0.05, 0) is 5.56 Å². The van der Waals surface area contributed by atoms with E-state index >= 15 is 0 Å². The normalized spacial score (nSPS) is 13.0. The minimum atomic E-state index is -0.547. The Morgan fingerprint density at radius 1 is 1.12 bits per heavy atom. The number of rotatable bonds is 7. The van der Waals surface area contributed by atoms with Gasteiger partial charge in [0.1, 0.15) is 6.10 Å². The summed E-state index contributed by atoms with van der Waals surface area (Å²) in [6, 6.07) is 9.75. The quantitative estimate of drug-likeness (QED) is 0.709. The molecule has 1 atom stereocenters. The van der Waals surface area contributed by atoms with Gasteiger partial charge >= 0.3 is 0 Å². The molecule has 1 rings (SSSR count). The first-order chi connectivity index (χ1) is 7.81.